The molecular weight excluding hydrogens is 316 g/mol. The van der Waals surface area contributed by atoms with Gasteiger partial charge in [0, 0.05) is 12.4 Å². The van der Waals surface area contributed by atoms with Crippen molar-refractivity contribution in [3.05, 3.63) is 65.5 Å². The van der Waals surface area contributed by atoms with Crippen molar-refractivity contribution in [1.82, 2.24) is 10.3 Å². The van der Waals surface area contributed by atoms with E-state index >= 15 is 0 Å². The lowest BCUT2D eigenvalue weighted by molar-refractivity contribution is -0.124. The highest BCUT2D eigenvalue weighted by molar-refractivity contribution is 5.90. The van der Waals surface area contributed by atoms with E-state index < -0.39 is 5.97 Å². The number of hydrogen-bond acceptors (Lipinski definition) is 4. The number of benzene rings is 1. The van der Waals surface area contributed by atoms with Crippen molar-refractivity contribution in [3.63, 3.8) is 0 Å². The molecule has 132 valence electrons. The van der Waals surface area contributed by atoms with Crippen molar-refractivity contribution in [3.8, 4) is 0 Å². The maximum atomic E-state index is 12.0. The molecule has 1 atom stereocenters. The van der Waals surface area contributed by atoms with Gasteiger partial charge in [0.2, 0.25) is 0 Å². The summed E-state index contributed by atoms with van der Waals surface area (Å²) in [5, 5.41) is 2.83. The van der Waals surface area contributed by atoms with Gasteiger partial charge >= 0.3 is 5.97 Å². The minimum atomic E-state index is -0.561. The second-order valence-corrected chi connectivity index (χ2v) is 6.45. The van der Waals surface area contributed by atoms with E-state index in [0.717, 1.165) is 12.0 Å². The van der Waals surface area contributed by atoms with Crippen LogP contribution in [0, 0.1) is 5.92 Å². The number of esters is 1. The highest BCUT2D eigenvalue weighted by Crippen LogP contribution is 2.15. The van der Waals surface area contributed by atoms with Crippen molar-refractivity contribution in [2.45, 2.75) is 33.2 Å². The van der Waals surface area contributed by atoms with Gasteiger partial charge in [-0.15, -0.1) is 0 Å². The van der Waals surface area contributed by atoms with Crippen LogP contribution in [0.3, 0.4) is 0 Å². The fourth-order valence-corrected chi connectivity index (χ4v) is 2.48. The number of nitrogens with zero attached hydrogens (tertiary/aromatic N) is 1. The zero-order valence-corrected chi connectivity index (χ0v) is 14.9. The van der Waals surface area contributed by atoms with Crippen molar-refractivity contribution < 1.29 is 14.3 Å². The third kappa shape index (κ3) is 6.03. The zero-order valence-electron chi connectivity index (χ0n) is 14.9. The maximum Gasteiger partial charge on any atom is 0.340 e. The van der Waals surface area contributed by atoms with E-state index in [1.807, 2.05) is 19.1 Å². The second-order valence-electron chi connectivity index (χ2n) is 6.45. The number of aromatic nitrogens is 1. The fourth-order valence-electron chi connectivity index (χ4n) is 2.48. The number of amides is 1. The molecule has 0 fully saturated rings. The van der Waals surface area contributed by atoms with Crippen LogP contribution in [0.15, 0.2) is 48.8 Å². The average molecular weight is 340 g/mol. The van der Waals surface area contributed by atoms with Crippen molar-refractivity contribution >= 4 is 11.9 Å². The summed E-state index contributed by atoms with van der Waals surface area (Å²) in [6, 6.07) is 11.3. The zero-order chi connectivity index (χ0) is 18.2. The number of pyridine rings is 1. The van der Waals surface area contributed by atoms with Crippen molar-refractivity contribution in [2.24, 2.45) is 5.92 Å². The Morgan fingerprint density at radius 3 is 2.44 bits per heavy atom. The topological polar surface area (TPSA) is 68.3 Å². The predicted molar refractivity (Wildman–Crippen MR) is 96.1 cm³/mol. The van der Waals surface area contributed by atoms with E-state index in [2.05, 4.69) is 36.3 Å². The molecule has 2 aromatic rings. The van der Waals surface area contributed by atoms with Gasteiger partial charge in [-0.25, -0.2) is 4.79 Å². The molecule has 0 spiro atoms. The molecule has 0 radical (unpaired) electrons. The number of nitrogens with one attached hydrogen (secondary N) is 1. The summed E-state index contributed by atoms with van der Waals surface area (Å²) in [5.74, 6) is -0.289. The number of ether oxygens (including phenoxy) is 1. The summed E-state index contributed by atoms with van der Waals surface area (Å²) in [5.41, 5.74) is 2.62. The van der Waals surface area contributed by atoms with E-state index in [4.69, 9.17) is 4.74 Å². The fraction of sp³-hybridized carbons (Fsp3) is 0.350. The van der Waals surface area contributed by atoms with E-state index in [0.29, 0.717) is 11.5 Å². The minimum absolute atomic E-state index is 0.155. The van der Waals surface area contributed by atoms with Gasteiger partial charge in [0.25, 0.3) is 5.91 Å². The van der Waals surface area contributed by atoms with Crippen LogP contribution in [0.5, 0.6) is 0 Å². The summed E-state index contributed by atoms with van der Waals surface area (Å²) >= 11 is 0. The first-order valence-electron chi connectivity index (χ1n) is 8.41. The molecule has 1 aromatic heterocycles. The Morgan fingerprint density at radius 2 is 1.84 bits per heavy atom. The van der Waals surface area contributed by atoms with Gasteiger partial charge in [0.15, 0.2) is 6.61 Å². The predicted octanol–water partition coefficient (Wildman–Crippen LogP) is 3.31. The molecule has 0 saturated carbocycles. The molecule has 1 amide bonds. The van der Waals surface area contributed by atoms with Crippen LogP contribution >= 0.6 is 0 Å². The first kappa shape index (κ1) is 18.6. The number of carbonyl (C=O) groups is 2. The van der Waals surface area contributed by atoms with Crippen molar-refractivity contribution in [2.75, 3.05) is 6.61 Å². The molecule has 0 saturated heterocycles. The molecule has 5 heteroatoms. The van der Waals surface area contributed by atoms with Crippen LogP contribution in [0.1, 0.15) is 48.3 Å². The van der Waals surface area contributed by atoms with Crippen LogP contribution in [-0.4, -0.2) is 23.5 Å². The Balaban J connectivity index is 1.82. The van der Waals surface area contributed by atoms with Crippen LogP contribution < -0.4 is 5.32 Å². The van der Waals surface area contributed by atoms with Gasteiger partial charge in [0.05, 0.1) is 11.6 Å². The van der Waals surface area contributed by atoms with E-state index in [1.165, 1.54) is 11.8 Å². The summed E-state index contributed by atoms with van der Waals surface area (Å²) in [4.78, 5) is 27.6. The third-order valence-electron chi connectivity index (χ3n) is 3.73. The summed E-state index contributed by atoms with van der Waals surface area (Å²) in [6.07, 6.45) is 4.00. The van der Waals surface area contributed by atoms with Gasteiger partial charge < -0.3 is 10.1 Å². The van der Waals surface area contributed by atoms with E-state index in [1.54, 1.807) is 18.3 Å². The third-order valence-corrected chi connectivity index (χ3v) is 3.73. The lowest BCUT2D eigenvalue weighted by Crippen LogP contribution is -2.31. The highest BCUT2D eigenvalue weighted by Gasteiger charge is 2.13. The Hall–Kier alpha value is -2.69. The first-order valence-corrected chi connectivity index (χ1v) is 8.41. The molecule has 5 nitrogen and oxygen atoms in total. The van der Waals surface area contributed by atoms with Crippen LogP contribution in [0.4, 0.5) is 0 Å². The van der Waals surface area contributed by atoms with Gasteiger partial charge in [-0.1, -0.05) is 38.1 Å². The molecule has 0 aliphatic rings. The highest BCUT2D eigenvalue weighted by atomic mass is 16.5. The maximum absolute atomic E-state index is 12.0. The smallest absolute Gasteiger partial charge is 0.340 e. The van der Waals surface area contributed by atoms with Crippen LogP contribution in [-0.2, 0) is 16.0 Å². The van der Waals surface area contributed by atoms with Gasteiger partial charge in [-0.05, 0) is 42.5 Å². The molecule has 2 rings (SSSR count). The molecule has 0 bridgehead atoms. The molecule has 1 heterocycles. The molecule has 1 aromatic carbocycles. The Labute approximate surface area is 148 Å². The Kier molecular flexibility index (Phi) is 6.69. The number of rotatable bonds is 7. The van der Waals surface area contributed by atoms with Crippen LogP contribution in [0.2, 0.25) is 0 Å². The summed E-state index contributed by atoms with van der Waals surface area (Å²) < 4.78 is 5.00. The first-order chi connectivity index (χ1) is 12.0. The Morgan fingerprint density at radius 1 is 1.12 bits per heavy atom. The number of carbonyl (C=O) groups excluding carboxylic acids is 2. The normalized spacial score (nSPS) is 11.8. The summed E-state index contributed by atoms with van der Waals surface area (Å²) in [7, 11) is 0. The second kappa shape index (κ2) is 8.97. The lowest BCUT2D eigenvalue weighted by atomic mass is 10.00. The quantitative estimate of drug-likeness (QED) is 0.785. The molecule has 1 N–H and O–H groups in total. The Bertz CT molecular complexity index is 697. The lowest BCUT2D eigenvalue weighted by Gasteiger charge is -2.15. The number of hydrogen-bond donors (Lipinski definition) is 1. The average Bonchev–Trinajstić information content (AvgIpc) is 2.60. The van der Waals surface area contributed by atoms with Crippen molar-refractivity contribution in [1.29, 1.82) is 0 Å². The van der Waals surface area contributed by atoms with Gasteiger partial charge in [0.1, 0.15) is 0 Å². The standard InChI is InChI=1S/C20H24N2O3/c1-14(2)11-16-6-8-17(9-7-16)15(3)22-19(23)13-25-20(24)18-5-4-10-21-12-18/h4-10,12,14-15H,11,13H2,1-3H3,(H,22,23)/t15-/m1/s1. The van der Waals surface area contributed by atoms with Crippen LogP contribution in [0.25, 0.3) is 0 Å². The van der Waals surface area contributed by atoms with Gasteiger partial charge in [-0.2, -0.15) is 0 Å². The molecule has 0 unspecified atom stereocenters. The van der Waals surface area contributed by atoms with E-state index in [-0.39, 0.29) is 18.6 Å². The molecule has 25 heavy (non-hydrogen) atoms. The molecule has 0 aliphatic carbocycles. The minimum Gasteiger partial charge on any atom is -0.452 e. The molecule has 0 aliphatic heterocycles. The van der Waals surface area contributed by atoms with E-state index in [9.17, 15) is 9.59 Å². The monoisotopic (exact) mass is 340 g/mol. The van der Waals surface area contributed by atoms with Gasteiger partial charge in [-0.3, -0.25) is 9.78 Å². The molecular formula is C20H24N2O3. The summed E-state index contributed by atoms with van der Waals surface area (Å²) in [6.45, 7) is 5.95. The SMILES string of the molecule is CC(C)Cc1ccc([C@@H](C)NC(=O)COC(=O)c2cccnc2)cc1. The largest absolute Gasteiger partial charge is 0.452 e.